The van der Waals surface area contributed by atoms with E-state index in [0.717, 1.165) is 0 Å². The van der Waals surface area contributed by atoms with Crippen molar-refractivity contribution in [1.29, 1.82) is 0 Å². The second-order valence-corrected chi connectivity index (χ2v) is 3.52. The number of aromatic hydroxyl groups is 1. The summed E-state index contributed by atoms with van der Waals surface area (Å²) in [5.41, 5.74) is -1.11. The smallest absolute Gasteiger partial charge is 0.420 e. The van der Waals surface area contributed by atoms with Crippen LogP contribution in [-0.2, 0) is 17.4 Å². The van der Waals surface area contributed by atoms with Gasteiger partial charge in [-0.1, -0.05) is 11.6 Å². The summed E-state index contributed by atoms with van der Waals surface area (Å²) < 4.78 is 37.4. The highest BCUT2D eigenvalue weighted by Crippen LogP contribution is 2.39. The number of rotatable bonds is 3. The van der Waals surface area contributed by atoms with E-state index < -0.39 is 17.5 Å². The quantitative estimate of drug-likeness (QED) is 0.816. The van der Waals surface area contributed by atoms with Crippen LogP contribution < -0.4 is 5.90 Å². The maximum Gasteiger partial charge on any atom is 0.420 e. The van der Waals surface area contributed by atoms with E-state index >= 15 is 0 Å². The van der Waals surface area contributed by atoms with Crippen LogP contribution in [-0.4, -0.2) is 11.7 Å². The van der Waals surface area contributed by atoms with Gasteiger partial charge < -0.3 is 9.94 Å². The molecule has 0 spiro atoms. The molecule has 1 aromatic carbocycles. The summed E-state index contributed by atoms with van der Waals surface area (Å²) in [7, 11) is 0. The molecule has 0 heterocycles. The van der Waals surface area contributed by atoms with Gasteiger partial charge in [-0.2, -0.15) is 13.2 Å². The number of hydrogen-bond acceptors (Lipinski definition) is 3. The Balaban J connectivity index is 3.16. The first-order valence-electron chi connectivity index (χ1n) is 4.26. The monoisotopic (exact) mass is 255 g/mol. The number of nitrogens with two attached hydrogens (primary N) is 1. The first-order chi connectivity index (χ1) is 7.36. The lowest BCUT2D eigenvalue weighted by atomic mass is 10.1. The van der Waals surface area contributed by atoms with Crippen molar-refractivity contribution in [2.24, 2.45) is 5.90 Å². The molecule has 1 aromatic rings. The summed E-state index contributed by atoms with van der Waals surface area (Å²) in [5.74, 6) is 3.91. The second kappa shape index (κ2) is 4.90. The van der Waals surface area contributed by atoms with Crippen LogP contribution in [0.25, 0.3) is 0 Å². The Morgan fingerprint density at radius 1 is 1.38 bits per heavy atom. The molecule has 0 fully saturated rings. The van der Waals surface area contributed by atoms with Crippen molar-refractivity contribution >= 4 is 11.6 Å². The highest BCUT2D eigenvalue weighted by molar-refractivity contribution is 6.30. The Morgan fingerprint density at radius 3 is 2.50 bits per heavy atom. The fourth-order valence-electron chi connectivity index (χ4n) is 1.23. The predicted octanol–water partition coefficient (Wildman–Crippen LogP) is 2.50. The molecular weight excluding hydrogens is 247 g/mol. The third-order valence-electron chi connectivity index (χ3n) is 1.95. The Labute approximate surface area is 94.5 Å². The first-order valence-corrected chi connectivity index (χ1v) is 4.64. The summed E-state index contributed by atoms with van der Waals surface area (Å²) in [5, 5.41) is 9.30. The van der Waals surface area contributed by atoms with E-state index in [4.69, 9.17) is 17.5 Å². The van der Waals surface area contributed by atoms with Gasteiger partial charge in [-0.15, -0.1) is 0 Å². The maximum absolute atomic E-state index is 12.5. The lowest BCUT2D eigenvalue weighted by molar-refractivity contribution is -0.138. The largest absolute Gasteiger partial charge is 0.507 e. The average molecular weight is 256 g/mol. The summed E-state index contributed by atoms with van der Waals surface area (Å²) >= 11 is 5.52. The Hall–Kier alpha value is -0.980. The number of alkyl halides is 3. The molecule has 0 bridgehead atoms. The first kappa shape index (κ1) is 13.1. The minimum atomic E-state index is -4.65. The molecule has 1 rings (SSSR count). The Kier molecular flexibility index (Phi) is 4.01. The molecule has 90 valence electrons. The van der Waals surface area contributed by atoms with Gasteiger partial charge >= 0.3 is 6.18 Å². The van der Waals surface area contributed by atoms with Crippen molar-refractivity contribution in [3.8, 4) is 5.75 Å². The van der Waals surface area contributed by atoms with E-state index in [9.17, 15) is 18.3 Å². The molecular formula is C9H9ClF3NO2. The van der Waals surface area contributed by atoms with E-state index in [0.29, 0.717) is 6.07 Å². The van der Waals surface area contributed by atoms with Crippen molar-refractivity contribution < 1.29 is 23.1 Å². The molecule has 0 aliphatic rings. The van der Waals surface area contributed by atoms with E-state index in [1.807, 2.05) is 0 Å². The van der Waals surface area contributed by atoms with E-state index in [1.54, 1.807) is 0 Å². The summed E-state index contributed by atoms with van der Waals surface area (Å²) in [6.07, 6.45) is -4.60. The van der Waals surface area contributed by atoms with Gasteiger partial charge in [0.2, 0.25) is 0 Å². The third kappa shape index (κ3) is 3.01. The molecule has 0 amide bonds. The van der Waals surface area contributed by atoms with Crippen molar-refractivity contribution in [1.82, 2.24) is 0 Å². The zero-order chi connectivity index (χ0) is 12.3. The van der Waals surface area contributed by atoms with Crippen LogP contribution in [0.3, 0.4) is 0 Å². The number of phenolic OH excluding ortho intramolecular Hbond substituents is 1. The van der Waals surface area contributed by atoms with Gasteiger partial charge in [0, 0.05) is 11.4 Å². The third-order valence-corrected chi connectivity index (χ3v) is 2.17. The lowest BCUT2D eigenvalue weighted by Gasteiger charge is -2.13. The van der Waals surface area contributed by atoms with Crippen molar-refractivity contribution in [2.75, 3.05) is 6.61 Å². The maximum atomic E-state index is 12.5. The SMILES string of the molecule is NOCCc1cc(Cl)cc(C(F)(F)F)c1O. The molecule has 16 heavy (non-hydrogen) atoms. The molecule has 0 aromatic heterocycles. The highest BCUT2D eigenvalue weighted by Gasteiger charge is 2.35. The van der Waals surface area contributed by atoms with Crippen molar-refractivity contribution in [2.45, 2.75) is 12.6 Å². The molecule has 0 radical (unpaired) electrons. The highest BCUT2D eigenvalue weighted by atomic mass is 35.5. The molecule has 0 aliphatic carbocycles. The van der Waals surface area contributed by atoms with Crippen LogP contribution >= 0.6 is 11.6 Å². The fourth-order valence-corrected chi connectivity index (χ4v) is 1.47. The molecule has 0 unspecified atom stereocenters. The van der Waals surface area contributed by atoms with Crippen LogP contribution in [0.1, 0.15) is 11.1 Å². The number of benzene rings is 1. The molecule has 3 nitrogen and oxygen atoms in total. The van der Waals surface area contributed by atoms with E-state index in [1.165, 1.54) is 6.07 Å². The van der Waals surface area contributed by atoms with Gasteiger partial charge in [0.1, 0.15) is 5.75 Å². The molecule has 0 atom stereocenters. The summed E-state index contributed by atoms with van der Waals surface area (Å²) in [4.78, 5) is 4.23. The lowest BCUT2D eigenvalue weighted by Crippen LogP contribution is -2.09. The molecule has 0 aliphatic heterocycles. The van der Waals surface area contributed by atoms with Crippen LogP contribution in [0, 0.1) is 0 Å². The summed E-state index contributed by atoms with van der Waals surface area (Å²) in [6.45, 7) is -0.00873. The van der Waals surface area contributed by atoms with Gasteiger partial charge in [0.05, 0.1) is 12.2 Å². The number of hydrogen-bond donors (Lipinski definition) is 2. The Bertz CT molecular complexity index is 382. The standard InChI is InChI=1S/C9H9ClF3NO2/c10-6-3-5(1-2-16-14)8(15)7(4-6)9(11,12)13/h3-4,15H,1-2,14H2. The average Bonchev–Trinajstić information content (AvgIpc) is 2.17. The minimum Gasteiger partial charge on any atom is -0.507 e. The van der Waals surface area contributed by atoms with Crippen LogP contribution in [0.15, 0.2) is 12.1 Å². The molecule has 0 saturated carbocycles. The minimum absolute atomic E-state index is 0.00873. The topological polar surface area (TPSA) is 55.5 Å². The summed E-state index contributed by atoms with van der Waals surface area (Å²) in [6, 6.07) is 1.91. The molecule has 7 heteroatoms. The van der Waals surface area contributed by atoms with Gasteiger partial charge in [0.15, 0.2) is 0 Å². The zero-order valence-corrected chi connectivity index (χ0v) is 8.77. The van der Waals surface area contributed by atoms with Crippen LogP contribution in [0.2, 0.25) is 5.02 Å². The molecule has 0 saturated heterocycles. The van der Waals surface area contributed by atoms with Crippen molar-refractivity contribution in [3.63, 3.8) is 0 Å². The van der Waals surface area contributed by atoms with E-state index in [-0.39, 0.29) is 23.6 Å². The van der Waals surface area contributed by atoms with Crippen LogP contribution in [0.4, 0.5) is 13.2 Å². The zero-order valence-electron chi connectivity index (χ0n) is 8.01. The normalized spacial score (nSPS) is 11.8. The second-order valence-electron chi connectivity index (χ2n) is 3.08. The van der Waals surface area contributed by atoms with Crippen molar-refractivity contribution in [3.05, 3.63) is 28.3 Å². The number of phenols is 1. The molecule has 3 N–H and O–H groups in total. The fraction of sp³-hybridized carbons (Fsp3) is 0.333. The van der Waals surface area contributed by atoms with Gasteiger partial charge in [-0.3, -0.25) is 0 Å². The van der Waals surface area contributed by atoms with E-state index in [2.05, 4.69) is 4.84 Å². The van der Waals surface area contributed by atoms with Gasteiger partial charge in [-0.05, 0) is 17.7 Å². The van der Waals surface area contributed by atoms with Gasteiger partial charge in [0.25, 0.3) is 0 Å². The Morgan fingerprint density at radius 2 is 2.00 bits per heavy atom. The number of halogens is 4. The van der Waals surface area contributed by atoms with Crippen LogP contribution in [0.5, 0.6) is 5.75 Å². The van der Waals surface area contributed by atoms with Gasteiger partial charge in [-0.25, -0.2) is 5.90 Å². The predicted molar refractivity (Wildman–Crippen MR) is 52.0 cm³/mol.